The van der Waals surface area contributed by atoms with Crippen LogP contribution in [0.5, 0.6) is 0 Å². The molecule has 0 unspecified atom stereocenters. The van der Waals surface area contributed by atoms with Gasteiger partial charge in [-0.2, -0.15) is 0 Å². The second-order valence-corrected chi connectivity index (χ2v) is 9.61. The summed E-state index contributed by atoms with van der Waals surface area (Å²) in [4.78, 5) is 0.215. The van der Waals surface area contributed by atoms with E-state index >= 15 is 0 Å². The van der Waals surface area contributed by atoms with Crippen molar-refractivity contribution >= 4 is 41.5 Å². The first-order chi connectivity index (χ1) is 11.2. The van der Waals surface area contributed by atoms with Crippen molar-refractivity contribution in [2.24, 2.45) is 0 Å². The summed E-state index contributed by atoms with van der Waals surface area (Å²) in [5, 5.41) is 0. The Kier molecular flexibility index (Phi) is 5.38. The molecule has 0 aromatic heterocycles. The van der Waals surface area contributed by atoms with Crippen molar-refractivity contribution in [3.8, 4) is 12.3 Å². The van der Waals surface area contributed by atoms with Crippen LogP contribution in [0.15, 0.2) is 62.8 Å². The molecule has 0 aliphatic heterocycles. The Hall–Kier alpha value is -1.82. The van der Waals surface area contributed by atoms with Crippen molar-refractivity contribution < 1.29 is 16.8 Å². The third-order valence-electron chi connectivity index (χ3n) is 3.19. The number of sulfone groups is 1. The van der Waals surface area contributed by atoms with E-state index in [-0.39, 0.29) is 22.0 Å². The first-order valence-electron chi connectivity index (χ1n) is 6.69. The van der Waals surface area contributed by atoms with Gasteiger partial charge in [0, 0.05) is 4.47 Å². The molecular weight excluding hydrogens is 414 g/mol. The summed E-state index contributed by atoms with van der Waals surface area (Å²) in [6.07, 6.45) is 6.25. The fraction of sp³-hybridized carbons (Fsp3) is 0.125. The minimum atomic E-state index is -3.69. The molecule has 5 nitrogen and oxygen atoms in total. The number of rotatable bonds is 5. The van der Waals surface area contributed by atoms with Gasteiger partial charge in [0.15, 0.2) is 0 Å². The predicted molar refractivity (Wildman–Crippen MR) is 97.1 cm³/mol. The lowest BCUT2D eigenvalue weighted by Gasteiger charge is -2.21. The van der Waals surface area contributed by atoms with E-state index in [2.05, 4.69) is 21.9 Å². The highest BCUT2D eigenvalue weighted by Crippen LogP contribution is 2.32. The maximum atomic E-state index is 12.6. The molecule has 0 amide bonds. The summed E-state index contributed by atoms with van der Waals surface area (Å²) in [6, 6.07) is 12.1. The monoisotopic (exact) mass is 427 g/mol. The van der Waals surface area contributed by atoms with Crippen LogP contribution >= 0.6 is 15.9 Å². The summed E-state index contributed by atoms with van der Waals surface area (Å²) < 4.78 is 50.3. The zero-order valence-electron chi connectivity index (χ0n) is 12.7. The Labute approximate surface area is 150 Å². The maximum Gasteiger partial charge on any atom is 0.233 e. The number of terminal acetylenes is 1. The van der Waals surface area contributed by atoms with E-state index in [1.165, 1.54) is 30.3 Å². The van der Waals surface area contributed by atoms with E-state index in [0.717, 1.165) is 10.6 Å². The van der Waals surface area contributed by atoms with Crippen LogP contribution in [0, 0.1) is 12.3 Å². The SMILES string of the molecule is C#CCN(c1ccc(S(=O)(=O)c2ccccc2)cc1Br)S(C)(=O)=O. The molecule has 0 atom stereocenters. The van der Waals surface area contributed by atoms with Gasteiger partial charge in [-0.25, -0.2) is 16.8 Å². The van der Waals surface area contributed by atoms with E-state index < -0.39 is 19.9 Å². The molecule has 2 rings (SSSR count). The molecule has 0 bridgehead atoms. The third-order valence-corrected chi connectivity index (χ3v) is 6.72. The molecule has 0 radical (unpaired) electrons. The highest BCUT2D eigenvalue weighted by Gasteiger charge is 2.22. The molecule has 2 aromatic rings. The summed E-state index contributed by atoms with van der Waals surface area (Å²) in [5.41, 5.74) is 0.280. The maximum absolute atomic E-state index is 12.6. The molecule has 2 aromatic carbocycles. The lowest BCUT2D eigenvalue weighted by atomic mass is 10.3. The highest BCUT2D eigenvalue weighted by molar-refractivity contribution is 9.10. The van der Waals surface area contributed by atoms with Gasteiger partial charge in [0.2, 0.25) is 19.9 Å². The van der Waals surface area contributed by atoms with Crippen molar-refractivity contribution in [2.75, 3.05) is 17.1 Å². The lowest BCUT2D eigenvalue weighted by Crippen LogP contribution is -2.30. The summed E-state index contributed by atoms with van der Waals surface area (Å²) in [6.45, 7) is -0.151. The first kappa shape index (κ1) is 18.5. The summed E-state index contributed by atoms with van der Waals surface area (Å²) >= 11 is 3.24. The second-order valence-electron chi connectivity index (χ2n) is 4.90. The molecule has 0 fully saturated rings. The van der Waals surface area contributed by atoms with Crippen LogP contribution < -0.4 is 4.31 Å². The quantitative estimate of drug-likeness (QED) is 0.687. The molecular formula is C16H14BrNO4S2. The smallest absolute Gasteiger partial charge is 0.233 e. The second kappa shape index (κ2) is 6.97. The van der Waals surface area contributed by atoms with Crippen LogP contribution in [0.25, 0.3) is 0 Å². The Bertz CT molecular complexity index is 994. The van der Waals surface area contributed by atoms with Gasteiger partial charge in [-0.05, 0) is 46.3 Å². The van der Waals surface area contributed by atoms with Crippen molar-refractivity contribution in [1.82, 2.24) is 0 Å². The van der Waals surface area contributed by atoms with Gasteiger partial charge in [-0.15, -0.1) is 6.42 Å². The molecule has 0 N–H and O–H groups in total. The zero-order valence-corrected chi connectivity index (χ0v) is 15.9. The Morgan fingerprint density at radius 2 is 1.67 bits per heavy atom. The molecule has 0 aliphatic rings. The third kappa shape index (κ3) is 3.80. The predicted octanol–water partition coefficient (Wildman–Crippen LogP) is 2.68. The minimum absolute atomic E-state index is 0.0542. The van der Waals surface area contributed by atoms with Crippen LogP contribution in [-0.4, -0.2) is 29.6 Å². The lowest BCUT2D eigenvalue weighted by molar-refractivity contribution is 0.596. The molecule has 0 heterocycles. The molecule has 0 spiro atoms. The van der Waals surface area contributed by atoms with Crippen LogP contribution in [0.3, 0.4) is 0 Å². The van der Waals surface area contributed by atoms with Crippen LogP contribution in [-0.2, 0) is 19.9 Å². The van der Waals surface area contributed by atoms with Crippen molar-refractivity contribution in [3.05, 3.63) is 53.0 Å². The average Bonchev–Trinajstić information content (AvgIpc) is 2.53. The van der Waals surface area contributed by atoms with E-state index in [1.54, 1.807) is 18.2 Å². The Morgan fingerprint density at radius 1 is 1.04 bits per heavy atom. The molecule has 0 aliphatic carbocycles. The van der Waals surface area contributed by atoms with Crippen LogP contribution in [0.1, 0.15) is 0 Å². The van der Waals surface area contributed by atoms with Gasteiger partial charge >= 0.3 is 0 Å². The van der Waals surface area contributed by atoms with Gasteiger partial charge in [-0.3, -0.25) is 4.31 Å². The fourth-order valence-electron chi connectivity index (χ4n) is 2.06. The fourth-order valence-corrected chi connectivity index (χ4v) is 5.05. The molecule has 126 valence electrons. The van der Waals surface area contributed by atoms with E-state index in [0.29, 0.717) is 4.47 Å². The zero-order chi connectivity index (χ0) is 18.0. The molecule has 0 saturated heterocycles. The van der Waals surface area contributed by atoms with Gasteiger partial charge in [0.1, 0.15) is 0 Å². The Morgan fingerprint density at radius 3 is 2.17 bits per heavy atom. The van der Waals surface area contributed by atoms with E-state index in [1.807, 2.05) is 0 Å². The van der Waals surface area contributed by atoms with Crippen molar-refractivity contribution in [2.45, 2.75) is 9.79 Å². The van der Waals surface area contributed by atoms with E-state index in [9.17, 15) is 16.8 Å². The molecule has 0 saturated carbocycles. The number of hydrogen-bond donors (Lipinski definition) is 0. The van der Waals surface area contributed by atoms with Gasteiger partial charge in [0.25, 0.3) is 0 Å². The largest absolute Gasteiger partial charge is 0.257 e. The summed E-state index contributed by atoms with van der Waals surface area (Å²) in [7, 11) is -7.28. The van der Waals surface area contributed by atoms with E-state index in [4.69, 9.17) is 6.42 Å². The summed E-state index contributed by atoms with van der Waals surface area (Å²) in [5.74, 6) is 2.28. The standard InChI is InChI=1S/C16H14BrNO4S2/c1-3-11-18(23(2,19)20)16-10-9-14(12-15(16)17)24(21,22)13-7-5-4-6-8-13/h1,4-10,12H,11H2,2H3. The number of benzene rings is 2. The van der Waals surface area contributed by atoms with Gasteiger partial charge < -0.3 is 0 Å². The highest BCUT2D eigenvalue weighted by atomic mass is 79.9. The molecule has 24 heavy (non-hydrogen) atoms. The number of halogens is 1. The minimum Gasteiger partial charge on any atom is -0.257 e. The van der Waals surface area contributed by atoms with Crippen LogP contribution in [0.4, 0.5) is 5.69 Å². The number of hydrogen-bond acceptors (Lipinski definition) is 4. The van der Waals surface area contributed by atoms with Crippen molar-refractivity contribution in [3.63, 3.8) is 0 Å². The van der Waals surface area contributed by atoms with Crippen LogP contribution in [0.2, 0.25) is 0 Å². The Balaban J connectivity index is 2.53. The topological polar surface area (TPSA) is 71.5 Å². The van der Waals surface area contributed by atoms with Gasteiger partial charge in [0.05, 0.1) is 28.3 Å². The number of sulfonamides is 1. The molecule has 8 heteroatoms. The first-order valence-corrected chi connectivity index (χ1v) is 10.8. The average molecular weight is 428 g/mol. The van der Waals surface area contributed by atoms with Gasteiger partial charge in [-0.1, -0.05) is 24.1 Å². The normalized spacial score (nSPS) is 11.7. The number of nitrogens with zero attached hydrogens (tertiary/aromatic N) is 1. The van der Waals surface area contributed by atoms with Crippen molar-refractivity contribution in [1.29, 1.82) is 0 Å². The number of anilines is 1.